The van der Waals surface area contributed by atoms with Crippen LogP contribution in [0.3, 0.4) is 0 Å². The molecule has 1 aliphatic rings. The van der Waals surface area contributed by atoms with Gasteiger partial charge in [0.25, 0.3) is 0 Å². The van der Waals surface area contributed by atoms with Gasteiger partial charge in [-0.25, -0.2) is 0 Å². The van der Waals surface area contributed by atoms with Crippen molar-refractivity contribution in [1.82, 2.24) is 10.2 Å². The number of anilines is 1. The number of hydrogen-bond acceptors (Lipinski definition) is 4. The monoisotopic (exact) mass is 478 g/mol. The summed E-state index contributed by atoms with van der Waals surface area (Å²) in [7, 11) is 3.58. The molecule has 0 saturated carbocycles. The van der Waals surface area contributed by atoms with Crippen LogP contribution in [-0.4, -0.2) is 62.3 Å². The smallest absolute Gasteiger partial charge is 0.193 e. The van der Waals surface area contributed by atoms with Gasteiger partial charge in [0.1, 0.15) is 0 Å². The Morgan fingerprint density at radius 3 is 2.76 bits per heavy atom. The van der Waals surface area contributed by atoms with E-state index in [4.69, 9.17) is 4.74 Å². The van der Waals surface area contributed by atoms with E-state index in [9.17, 15) is 0 Å². The normalized spacial score (nSPS) is 17.8. The Morgan fingerprint density at radius 2 is 2.12 bits per heavy atom. The number of halogens is 1. The first-order valence-electron chi connectivity index (χ1n) is 8.65. The van der Waals surface area contributed by atoms with Crippen LogP contribution >= 0.6 is 35.7 Å². The summed E-state index contributed by atoms with van der Waals surface area (Å²) in [6.07, 6.45) is 1.22. The van der Waals surface area contributed by atoms with Gasteiger partial charge in [-0.15, -0.1) is 24.0 Å². The summed E-state index contributed by atoms with van der Waals surface area (Å²) in [4.78, 5) is 6.84. The van der Waals surface area contributed by atoms with Crippen molar-refractivity contribution in [2.45, 2.75) is 25.1 Å². The van der Waals surface area contributed by atoms with Crippen molar-refractivity contribution in [3.63, 3.8) is 0 Å². The number of ether oxygens (including phenoxy) is 1. The minimum absolute atomic E-state index is 0. The molecule has 2 N–H and O–H groups in total. The number of benzene rings is 1. The van der Waals surface area contributed by atoms with Gasteiger partial charge in [-0.1, -0.05) is 19.1 Å². The molecule has 0 spiro atoms. The van der Waals surface area contributed by atoms with Crippen LogP contribution in [0.4, 0.5) is 5.69 Å². The van der Waals surface area contributed by atoms with E-state index in [0.29, 0.717) is 6.61 Å². The fourth-order valence-corrected chi connectivity index (χ4v) is 3.89. The maximum Gasteiger partial charge on any atom is 0.193 e. The highest BCUT2D eigenvalue weighted by Crippen LogP contribution is 2.21. The Balaban J connectivity index is 0.00000312. The van der Waals surface area contributed by atoms with E-state index in [1.807, 2.05) is 7.05 Å². The zero-order valence-corrected chi connectivity index (χ0v) is 18.6. The molecule has 1 heterocycles. The lowest BCUT2D eigenvalue weighted by molar-refractivity contribution is 0.211. The van der Waals surface area contributed by atoms with Crippen molar-refractivity contribution in [1.29, 1.82) is 0 Å². The molecule has 0 bridgehead atoms. The first-order valence-corrected chi connectivity index (χ1v) is 9.70. The van der Waals surface area contributed by atoms with Crippen molar-refractivity contribution in [3.8, 4) is 0 Å². The van der Waals surface area contributed by atoms with Crippen LogP contribution in [0.25, 0.3) is 0 Å². The molecular formula is C18H31IN4OS. The van der Waals surface area contributed by atoms with Gasteiger partial charge < -0.3 is 20.3 Å². The fraction of sp³-hybridized carbons (Fsp3) is 0.611. The predicted molar refractivity (Wildman–Crippen MR) is 121 cm³/mol. The van der Waals surface area contributed by atoms with Crippen LogP contribution in [0, 0.1) is 0 Å². The number of hydrogen-bond donors (Lipinski definition) is 2. The molecule has 7 heteroatoms. The number of aliphatic imine (C=N–C) groups is 1. The maximum absolute atomic E-state index is 5.05. The van der Waals surface area contributed by atoms with Crippen LogP contribution in [0.1, 0.15) is 18.9 Å². The lowest BCUT2D eigenvalue weighted by atomic mass is 10.2. The van der Waals surface area contributed by atoms with Gasteiger partial charge in [-0.2, -0.15) is 11.8 Å². The third-order valence-electron chi connectivity index (χ3n) is 4.15. The van der Waals surface area contributed by atoms with Gasteiger partial charge in [0.2, 0.25) is 0 Å². The van der Waals surface area contributed by atoms with Crippen molar-refractivity contribution in [2.75, 3.05) is 51.5 Å². The molecule has 0 amide bonds. The van der Waals surface area contributed by atoms with E-state index in [1.54, 1.807) is 7.11 Å². The molecule has 142 valence electrons. The standard InChI is InChI=1S/C18H30N4OS.HI/c1-4-17-14-22(10-12-24-17)18(19-2)21-13-15-5-7-16(8-6-15)20-9-11-23-3;/h5-8,17,20H,4,9-14H2,1-3H3,(H,19,21);1H. The van der Waals surface area contributed by atoms with E-state index in [2.05, 4.69) is 63.5 Å². The van der Waals surface area contributed by atoms with E-state index in [1.165, 1.54) is 17.7 Å². The average molecular weight is 478 g/mol. The average Bonchev–Trinajstić information content (AvgIpc) is 2.64. The van der Waals surface area contributed by atoms with Crippen LogP contribution in [0.2, 0.25) is 0 Å². The highest BCUT2D eigenvalue weighted by molar-refractivity contribution is 14.0. The SMILES string of the molecule is CCC1CN(C(=NC)NCc2ccc(NCCOC)cc2)CCS1.I. The van der Waals surface area contributed by atoms with Gasteiger partial charge in [0, 0.05) is 57.0 Å². The Labute approximate surface area is 173 Å². The minimum atomic E-state index is 0. The molecule has 1 atom stereocenters. The second-order valence-corrected chi connectivity index (χ2v) is 7.27. The summed E-state index contributed by atoms with van der Waals surface area (Å²) in [5.74, 6) is 2.19. The van der Waals surface area contributed by atoms with Gasteiger partial charge in [0.05, 0.1) is 6.61 Å². The molecule has 1 aromatic carbocycles. The zero-order valence-electron chi connectivity index (χ0n) is 15.5. The molecule has 0 radical (unpaired) electrons. The molecule has 1 aliphatic heterocycles. The van der Waals surface area contributed by atoms with Crippen LogP contribution in [-0.2, 0) is 11.3 Å². The van der Waals surface area contributed by atoms with E-state index < -0.39 is 0 Å². The van der Waals surface area contributed by atoms with Crippen molar-refractivity contribution >= 4 is 47.4 Å². The van der Waals surface area contributed by atoms with Gasteiger partial charge >= 0.3 is 0 Å². The Kier molecular flexibility index (Phi) is 11.3. The third-order valence-corrected chi connectivity index (χ3v) is 5.52. The zero-order chi connectivity index (χ0) is 17.2. The van der Waals surface area contributed by atoms with Crippen LogP contribution in [0.15, 0.2) is 29.3 Å². The molecule has 25 heavy (non-hydrogen) atoms. The molecule has 0 aliphatic carbocycles. The molecule has 1 unspecified atom stereocenters. The summed E-state index contributed by atoms with van der Waals surface area (Å²) < 4.78 is 5.05. The molecular weight excluding hydrogens is 447 g/mol. The van der Waals surface area contributed by atoms with Gasteiger partial charge in [-0.05, 0) is 24.1 Å². The lowest BCUT2D eigenvalue weighted by Gasteiger charge is -2.34. The summed E-state index contributed by atoms with van der Waals surface area (Å²) in [5, 5.41) is 7.55. The van der Waals surface area contributed by atoms with Crippen molar-refractivity contribution in [3.05, 3.63) is 29.8 Å². The number of nitrogens with zero attached hydrogens (tertiary/aromatic N) is 2. The van der Waals surface area contributed by atoms with Crippen molar-refractivity contribution in [2.24, 2.45) is 4.99 Å². The van der Waals surface area contributed by atoms with Crippen LogP contribution in [0.5, 0.6) is 0 Å². The summed E-state index contributed by atoms with van der Waals surface area (Å²) >= 11 is 2.08. The number of methoxy groups -OCH3 is 1. The van der Waals surface area contributed by atoms with E-state index in [-0.39, 0.29) is 24.0 Å². The Morgan fingerprint density at radius 1 is 1.36 bits per heavy atom. The quantitative estimate of drug-likeness (QED) is 0.273. The number of nitrogens with one attached hydrogen (secondary N) is 2. The van der Waals surface area contributed by atoms with E-state index in [0.717, 1.165) is 43.1 Å². The number of rotatable bonds is 7. The maximum atomic E-state index is 5.05. The summed E-state index contributed by atoms with van der Waals surface area (Å²) in [6, 6.07) is 8.52. The third kappa shape index (κ3) is 7.62. The van der Waals surface area contributed by atoms with Crippen LogP contribution < -0.4 is 10.6 Å². The number of guanidine groups is 1. The molecule has 2 rings (SSSR count). The summed E-state index contributed by atoms with van der Waals surface area (Å²) in [6.45, 7) is 6.76. The summed E-state index contributed by atoms with van der Waals surface area (Å²) in [5.41, 5.74) is 2.38. The fourth-order valence-electron chi connectivity index (χ4n) is 2.71. The number of thioether (sulfide) groups is 1. The highest BCUT2D eigenvalue weighted by atomic mass is 127. The Bertz CT molecular complexity index is 512. The highest BCUT2D eigenvalue weighted by Gasteiger charge is 2.21. The Hall–Kier alpha value is -0.670. The molecule has 1 saturated heterocycles. The minimum Gasteiger partial charge on any atom is -0.383 e. The second kappa shape index (κ2) is 12.6. The molecule has 1 fully saturated rings. The van der Waals surface area contributed by atoms with Gasteiger partial charge in [-0.3, -0.25) is 4.99 Å². The molecule has 0 aromatic heterocycles. The molecule has 1 aromatic rings. The predicted octanol–water partition coefficient (Wildman–Crippen LogP) is 3.27. The lowest BCUT2D eigenvalue weighted by Crippen LogP contribution is -2.47. The van der Waals surface area contributed by atoms with Crippen molar-refractivity contribution < 1.29 is 4.74 Å². The topological polar surface area (TPSA) is 48.9 Å². The van der Waals surface area contributed by atoms with E-state index >= 15 is 0 Å². The van der Waals surface area contributed by atoms with Gasteiger partial charge in [0.15, 0.2) is 5.96 Å². The molecule has 5 nitrogen and oxygen atoms in total. The largest absolute Gasteiger partial charge is 0.383 e. The second-order valence-electron chi connectivity index (χ2n) is 5.86. The first kappa shape index (κ1) is 22.4. The first-order chi connectivity index (χ1) is 11.8.